The predicted molar refractivity (Wildman–Crippen MR) is 127 cm³/mol. The molecule has 0 aromatic heterocycles. The van der Waals surface area contributed by atoms with Gasteiger partial charge in [0.2, 0.25) is 5.75 Å². The highest BCUT2D eigenvalue weighted by atomic mass is 79.9. The first-order valence-electron chi connectivity index (χ1n) is 10.00. The molecule has 0 aliphatic carbocycles. The number of nitrogens with zero attached hydrogens (tertiary/aromatic N) is 2. The Morgan fingerprint density at radius 1 is 0.839 bits per heavy atom. The number of carbonyl (C=O) groups excluding carboxylic acids is 1. The summed E-state index contributed by atoms with van der Waals surface area (Å²) in [4.78, 5) is 17.7. The maximum atomic E-state index is 13.2. The summed E-state index contributed by atoms with van der Waals surface area (Å²) in [5.41, 5.74) is 1.63. The molecule has 1 saturated heterocycles. The monoisotopic (exact) mass is 494 g/mol. The van der Waals surface area contributed by atoms with Gasteiger partial charge < -0.3 is 23.8 Å². The standard InChI is InChI=1S/C23H30N2O5.BrH/c1-16(22(26)17-14-20(28-3)23(30-5)21(15-17)29-4)24-10-12-25(13-11-24)18-8-6-7-9-19(18)27-2;/h6-9,14-16H,10-13H2,1-5H3;1H. The first-order valence-corrected chi connectivity index (χ1v) is 10.00. The fourth-order valence-electron chi connectivity index (χ4n) is 3.87. The van der Waals surface area contributed by atoms with Crippen LogP contribution >= 0.6 is 17.0 Å². The third-order valence-electron chi connectivity index (χ3n) is 5.62. The van der Waals surface area contributed by atoms with Crippen molar-refractivity contribution in [2.45, 2.75) is 13.0 Å². The van der Waals surface area contributed by atoms with Crippen molar-refractivity contribution in [3.8, 4) is 23.0 Å². The van der Waals surface area contributed by atoms with E-state index in [1.807, 2.05) is 25.1 Å². The van der Waals surface area contributed by atoms with Gasteiger partial charge in [-0.15, -0.1) is 17.0 Å². The Kier molecular flexibility index (Phi) is 9.00. The maximum Gasteiger partial charge on any atom is 0.203 e. The van der Waals surface area contributed by atoms with E-state index in [2.05, 4.69) is 15.9 Å². The van der Waals surface area contributed by atoms with Gasteiger partial charge in [0.15, 0.2) is 17.3 Å². The highest BCUT2D eigenvalue weighted by Gasteiger charge is 2.28. The van der Waals surface area contributed by atoms with Crippen molar-refractivity contribution < 1.29 is 23.7 Å². The second-order valence-corrected chi connectivity index (χ2v) is 7.15. The molecule has 0 spiro atoms. The topological polar surface area (TPSA) is 60.5 Å². The molecule has 0 saturated carbocycles. The van der Waals surface area contributed by atoms with Crippen LogP contribution in [0.5, 0.6) is 23.0 Å². The fourth-order valence-corrected chi connectivity index (χ4v) is 3.87. The Hall–Kier alpha value is -2.45. The van der Waals surface area contributed by atoms with Crippen molar-refractivity contribution in [3.05, 3.63) is 42.0 Å². The summed E-state index contributed by atoms with van der Waals surface area (Å²) in [6.07, 6.45) is 0. The second-order valence-electron chi connectivity index (χ2n) is 7.15. The normalized spacial score (nSPS) is 14.9. The molecule has 0 N–H and O–H groups in total. The number of piperazine rings is 1. The quantitative estimate of drug-likeness (QED) is 0.518. The molecule has 2 aromatic carbocycles. The zero-order valence-electron chi connectivity index (χ0n) is 18.7. The molecular formula is C23H31BrN2O5. The molecule has 7 nitrogen and oxygen atoms in total. The number of halogens is 1. The molecule has 1 unspecified atom stereocenters. The fraction of sp³-hybridized carbons (Fsp3) is 0.435. The molecular weight excluding hydrogens is 464 g/mol. The van der Waals surface area contributed by atoms with Crippen LogP contribution in [0.2, 0.25) is 0 Å². The second kappa shape index (κ2) is 11.2. The lowest BCUT2D eigenvalue weighted by Crippen LogP contribution is -2.51. The highest BCUT2D eigenvalue weighted by Crippen LogP contribution is 2.38. The van der Waals surface area contributed by atoms with Gasteiger partial charge in [0.25, 0.3) is 0 Å². The minimum Gasteiger partial charge on any atom is -0.495 e. The number of hydrogen-bond donors (Lipinski definition) is 0. The number of para-hydroxylation sites is 2. The van der Waals surface area contributed by atoms with Crippen LogP contribution in [-0.4, -0.2) is 71.3 Å². The Bertz CT molecular complexity index is 859. The van der Waals surface area contributed by atoms with Crippen LogP contribution in [0, 0.1) is 0 Å². The molecule has 1 aliphatic heterocycles. The van der Waals surface area contributed by atoms with Crippen LogP contribution in [0.25, 0.3) is 0 Å². The molecule has 3 rings (SSSR count). The molecule has 1 heterocycles. The number of ketones is 1. The molecule has 8 heteroatoms. The summed E-state index contributed by atoms with van der Waals surface area (Å²) in [7, 11) is 6.33. The lowest BCUT2D eigenvalue weighted by atomic mass is 10.0. The zero-order chi connectivity index (χ0) is 21.7. The smallest absolute Gasteiger partial charge is 0.203 e. The van der Waals surface area contributed by atoms with Crippen LogP contribution in [0.4, 0.5) is 5.69 Å². The Labute approximate surface area is 194 Å². The third-order valence-corrected chi connectivity index (χ3v) is 5.62. The molecule has 1 atom stereocenters. The van der Waals surface area contributed by atoms with E-state index in [0.29, 0.717) is 22.8 Å². The van der Waals surface area contributed by atoms with E-state index in [1.54, 1.807) is 40.6 Å². The van der Waals surface area contributed by atoms with E-state index in [1.165, 1.54) is 0 Å². The summed E-state index contributed by atoms with van der Waals surface area (Å²) >= 11 is 0. The number of ether oxygens (including phenoxy) is 4. The van der Waals surface area contributed by atoms with Gasteiger partial charge in [0.1, 0.15) is 5.75 Å². The van der Waals surface area contributed by atoms with E-state index in [-0.39, 0.29) is 28.8 Å². The van der Waals surface area contributed by atoms with Crippen LogP contribution in [0.3, 0.4) is 0 Å². The van der Waals surface area contributed by atoms with Gasteiger partial charge in [-0.1, -0.05) is 12.1 Å². The number of Topliss-reactive ketones (excluding diaryl/α,β-unsaturated/α-hetero) is 1. The molecule has 31 heavy (non-hydrogen) atoms. The van der Waals surface area contributed by atoms with Gasteiger partial charge in [-0.3, -0.25) is 9.69 Å². The SMILES string of the molecule is Br.COc1ccccc1N1CCN(C(C)C(=O)c2cc(OC)c(OC)c(OC)c2)CC1. The molecule has 2 aromatic rings. The van der Waals surface area contributed by atoms with E-state index in [0.717, 1.165) is 37.6 Å². The van der Waals surface area contributed by atoms with E-state index in [4.69, 9.17) is 18.9 Å². The summed E-state index contributed by atoms with van der Waals surface area (Å²) in [5, 5.41) is 0. The molecule has 1 fully saturated rings. The number of methoxy groups -OCH3 is 4. The summed E-state index contributed by atoms with van der Waals surface area (Å²) in [6.45, 7) is 5.18. The van der Waals surface area contributed by atoms with Crippen LogP contribution in [-0.2, 0) is 0 Å². The van der Waals surface area contributed by atoms with Gasteiger partial charge in [0.05, 0.1) is 40.2 Å². The van der Waals surface area contributed by atoms with Gasteiger partial charge in [-0.25, -0.2) is 0 Å². The van der Waals surface area contributed by atoms with Gasteiger partial charge in [0, 0.05) is 31.7 Å². The van der Waals surface area contributed by atoms with Gasteiger partial charge in [-0.2, -0.15) is 0 Å². The van der Waals surface area contributed by atoms with Crippen LogP contribution in [0.1, 0.15) is 17.3 Å². The summed E-state index contributed by atoms with van der Waals surface area (Å²) in [5.74, 6) is 2.34. The highest BCUT2D eigenvalue weighted by molar-refractivity contribution is 8.93. The average Bonchev–Trinajstić information content (AvgIpc) is 2.82. The number of rotatable bonds is 8. The first kappa shape index (κ1) is 24.8. The van der Waals surface area contributed by atoms with Crippen molar-refractivity contribution in [3.63, 3.8) is 0 Å². The lowest BCUT2D eigenvalue weighted by Gasteiger charge is -2.39. The first-order chi connectivity index (χ1) is 14.5. The maximum absolute atomic E-state index is 13.2. The van der Waals surface area contributed by atoms with Crippen LogP contribution < -0.4 is 23.8 Å². The van der Waals surface area contributed by atoms with E-state index in [9.17, 15) is 4.79 Å². The Morgan fingerprint density at radius 3 is 1.90 bits per heavy atom. The zero-order valence-corrected chi connectivity index (χ0v) is 20.4. The minimum atomic E-state index is -0.257. The minimum absolute atomic E-state index is 0. The molecule has 0 radical (unpaired) electrons. The van der Waals surface area contributed by atoms with Crippen molar-refractivity contribution >= 4 is 28.5 Å². The van der Waals surface area contributed by atoms with E-state index < -0.39 is 0 Å². The predicted octanol–water partition coefficient (Wildman–Crippen LogP) is 3.69. The molecule has 0 amide bonds. The Morgan fingerprint density at radius 2 is 1.39 bits per heavy atom. The summed E-state index contributed by atoms with van der Waals surface area (Å²) < 4.78 is 21.6. The van der Waals surface area contributed by atoms with Gasteiger partial charge >= 0.3 is 0 Å². The lowest BCUT2D eigenvalue weighted by molar-refractivity contribution is 0.0829. The molecule has 1 aliphatic rings. The number of anilines is 1. The Balaban J connectivity index is 0.00000341. The largest absolute Gasteiger partial charge is 0.495 e. The van der Waals surface area contributed by atoms with E-state index >= 15 is 0 Å². The van der Waals surface area contributed by atoms with Crippen molar-refractivity contribution in [2.75, 3.05) is 59.5 Å². The summed E-state index contributed by atoms with van der Waals surface area (Å²) in [6, 6.07) is 11.2. The van der Waals surface area contributed by atoms with Gasteiger partial charge in [-0.05, 0) is 31.2 Å². The number of benzene rings is 2. The van der Waals surface area contributed by atoms with Crippen molar-refractivity contribution in [1.29, 1.82) is 0 Å². The average molecular weight is 495 g/mol. The number of hydrogen-bond acceptors (Lipinski definition) is 7. The third kappa shape index (κ3) is 5.25. The van der Waals surface area contributed by atoms with Crippen molar-refractivity contribution in [1.82, 2.24) is 4.90 Å². The molecule has 0 bridgehead atoms. The van der Waals surface area contributed by atoms with Crippen molar-refractivity contribution in [2.24, 2.45) is 0 Å². The molecule has 170 valence electrons. The number of carbonyl (C=O) groups is 1. The van der Waals surface area contributed by atoms with Crippen LogP contribution in [0.15, 0.2) is 36.4 Å².